The summed E-state index contributed by atoms with van der Waals surface area (Å²) in [6.45, 7) is 0.630. The first-order valence-electron chi connectivity index (χ1n) is 5.89. The van der Waals surface area contributed by atoms with E-state index in [0.717, 1.165) is 18.4 Å². The standard InChI is InChI=1S/C13H18N2O2/c14-9-13(6-7-13)12(17)15-8-11(16)10-4-2-1-3-5-10/h1-5,11,16H,6-9,14H2,(H,15,17). The van der Waals surface area contributed by atoms with E-state index in [9.17, 15) is 9.90 Å². The van der Waals surface area contributed by atoms with Gasteiger partial charge in [0.1, 0.15) is 0 Å². The van der Waals surface area contributed by atoms with Crippen LogP contribution in [0.25, 0.3) is 0 Å². The Morgan fingerprint density at radius 2 is 2.06 bits per heavy atom. The van der Waals surface area contributed by atoms with Crippen molar-refractivity contribution in [2.45, 2.75) is 18.9 Å². The average molecular weight is 234 g/mol. The summed E-state index contributed by atoms with van der Waals surface area (Å²) in [6.07, 6.45) is 1.06. The molecule has 0 spiro atoms. The lowest BCUT2D eigenvalue weighted by atomic mass is 10.1. The maximum Gasteiger partial charge on any atom is 0.227 e. The summed E-state index contributed by atoms with van der Waals surface area (Å²) < 4.78 is 0. The molecule has 1 saturated carbocycles. The minimum atomic E-state index is -0.659. The fraction of sp³-hybridized carbons (Fsp3) is 0.462. The van der Waals surface area contributed by atoms with Gasteiger partial charge < -0.3 is 16.2 Å². The summed E-state index contributed by atoms with van der Waals surface area (Å²) in [7, 11) is 0. The summed E-state index contributed by atoms with van der Waals surface area (Å²) in [5, 5.41) is 12.6. The first-order chi connectivity index (χ1) is 8.18. The number of carbonyl (C=O) groups excluding carboxylic acids is 1. The molecule has 1 unspecified atom stereocenters. The number of rotatable bonds is 5. The van der Waals surface area contributed by atoms with Gasteiger partial charge in [-0.3, -0.25) is 4.79 Å². The molecule has 92 valence electrons. The van der Waals surface area contributed by atoms with Gasteiger partial charge in [0.05, 0.1) is 11.5 Å². The molecule has 2 rings (SSSR count). The van der Waals surface area contributed by atoms with E-state index in [1.807, 2.05) is 30.3 Å². The molecule has 1 amide bonds. The highest BCUT2D eigenvalue weighted by Crippen LogP contribution is 2.44. The highest BCUT2D eigenvalue weighted by atomic mass is 16.3. The molecule has 0 aliphatic heterocycles. The molecule has 0 aromatic heterocycles. The quantitative estimate of drug-likeness (QED) is 0.697. The van der Waals surface area contributed by atoms with Crippen LogP contribution in [0.1, 0.15) is 24.5 Å². The fourth-order valence-electron chi connectivity index (χ4n) is 1.84. The van der Waals surface area contributed by atoms with Crippen molar-refractivity contribution in [1.82, 2.24) is 5.32 Å². The van der Waals surface area contributed by atoms with Crippen LogP contribution in [0.5, 0.6) is 0 Å². The summed E-state index contributed by atoms with van der Waals surface area (Å²) in [6, 6.07) is 9.30. The molecule has 1 atom stereocenters. The fourth-order valence-corrected chi connectivity index (χ4v) is 1.84. The number of hydrogen-bond donors (Lipinski definition) is 3. The van der Waals surface area contributed by atoms with Crippen molar-refractivity contribution in [1.29, 1.82) is 0 Å². The summed E-state index contributed by atoms with van der Waals surface area (Å²) in [4.78, 5) is 11.8. The Labute approximate surface area is 101 Å². The van der Waals surface area contributed by atoms with Crippen LogP contribution in [0, 0.1) is 5.41 Å². The van der Waals surface area contributed by atoms with Crippen molar-refractivity contribution in [2.75, 3.05) is 13.1 Å². The summed E-state index contributed by atoms with van der Waals surface area (Å²) in [5.41, 5.74) is 6.02. The number of aliphatic hydroxyl groups excluding tert-OH is 1. The molecule has 17 heavy (non-hydrogen) atoms. The highest BCUT2D eigenvalue weighted by Gasteiger charge is 2.48. The van der Waals surface area contributed by atoms with Gasteiger partial charge in [-0.2, -0.15) is 0 Å². The van der Waals surface area contributed by atoms with E-state index < -0.39 is 6.10 Å². The van der Waals surface area contributed by atoms with Crippen LogP contribution in [0.2, 0.25) is 0 Å². The zero-order valence-electron chi connectivity index (χ0n) is 9.73. The van der Waals surface area contributed by atoms with E-state index in [2.05, 4.69) is 5.32 Å². The topological polar surface area (TPSA) is 75.4 Å². The Bertz CT molecular complexity index is 388. The summed E-state index contributed by atoms with van der Waals surface area (Å²) in [5.74, 6) is -0.0324. The smallest absolute Gasteiger partial charge is 0.227 e. The van der Waals surface area contributed by atoms with Crippen LogP contribution in [0.15, 0.2) is 30.3 Å². The van der Waals surface area contributed by atoms with Gasteiger partial charge in [0.2, 0.25) is 5.91 Å². The van der Waals surface area contributed by atoms with Gasteiger partial charge in [0.15, 0.2) is 0 Å². The number of benzene rings is 1. The Kier molecular flexibility index (Phi) is 3.45. The monoisotopic (exact) mass is 234 g/mol. The first-order valence-corrected chi connectivity index (χ1v) is 5.89. The van der Waals surface area contributed by atoms with Crippen LogP contribution in [0.4, 0.5) is 0 Å². The van der Waals surface area contributed by atoms with E-state index >= 15 is 0 Å². The third-order valence-corrected chi connectivity index (χ3v) is 3.37. The zero-order valence-corrected chi connectivity index (χ0v) is 9.73. The Morgan fingerprint density at radius 3 is 2.59 bits per heavy atom. The molecule has 1 aromatic rings. The van der Waals surface area contributed by atoms with E-state index in [0.29, 0.717) is 6.54 Å². The number of nitrogens with one attached hydrogen (secondary N) is 1. The largest absolute Gasteiger partial charge is 0.387 e. The number of carbonyl (C=O) groups is 1. The average Bonchev–Trinajstić information content (AvgIpc) is 3.17. The third kappa shape index (κ3) is 2.65. The Hall–Kier alpha value is -1.39. The summed E-state index contributed by atoms with van der Waals surface area (Å²) >= 11 is 0. The molecule has 0 radical (unpaired) electrons. The van der Waals surface area contributed by atoms with E-state index in [-0.39, 0.29) is 17.9 Å². The number of nitrogens with two attached hydrogens (primary N) is 1. The number of amides is 1. The molecule has 1 fully saturated rings. The van der Waals surface area contributed by atoms with Crippen molar-refractivity contribution in [3.63, 3.8) is 0 Å². The molecule has 0 heterocycles. The predicted octanol–water partition coefficient (Wildman–Crippen LogP) is 0.575. The second-order valence-electron chi connectivity index (χ2n) is 4.62. The minimum Gasteiger partial charge on any atom is -0.387 e. The first kappa shape index (κ1) is 12.1. The molecule has 0 bridgehead atoms. The van der Waals surface area contributed by atoms with Gasteiger partial charge >= 0.3 is 0 Å². The van der Waals surface area contributed by atoms with Crippen LogP contribution >= 0.6 is 0 Å². The minimum absolute atomic E-state index is 0.0324. The molecule has 4 nitrogen and oxygen atoms in total. The number of aliphatic hydroxyl groups is 1. The van der Waals surface area contributed by atoms with Gasteiger partial charge in [0, 0.05) is 13.1 Å². The predicted molar refractivity (Wildman–Crippen MR) is 65.1 cm³/mol. The molecular weight excluding hydrogens is 216 g/mol. The maximum absolute atomic E-state index is 11.8. The molecule has 1 aliphatic carbocycles. The molecule has 4 heteroatoms. The highest BCUT2D eigenvalue weighted by molar-refractivity contribution is 5.85. The van der Waals surface area contributed by atoms with Crippen molar-refractivity contribution >= 4 is 5.91 Å². The second kappa shape index (κ2) is 4.85. The number of hydrogen-bond acceptors (Lipinski definition) is 3. The van der Waals surface area contributed by atoms with Gasteiger partial charge in [-0.05, 0) is 18.4 Å². The third-order valence-electron chi connectivity index (χ3n) is 3.37. The maximum atomic E-state index is 11.8. The molecule has 1 aliphatic rings. The van der Waals surface area contributed by atoms with Crippen molar-refractivity contribution < 1.29 is 9.90 Å². The molecular formula is C13H18N2O2. The van der Waals surface area contributed by atoms with E-state index in [4.69, 9.17) is 5.73 Å². The van der Waals surface area contributed by atoms with E-state index in [1.165, 1.54) is 0 Å². The van der Waals surface area contributed by atoms with Gasteiger partial charge in [0.25, 0.3) is 0 Å². The lowest BCUT2D eigenvalue weighted by Gasteiger charge is -2.16. The Morgan fingerprint density at radius 1 is 1.41 bits per heavy atom. The lowest BCUT2D eigenvalue weighted by Crippen LogP contribution is -2.38. The van der Waals surface area contributed by atoms with Crippen LogP contribution in [0.3, 0.4) is 0 Å². The zero-order chi connectivity index (χ0) is 12.3. The van der Waals surface area contributed by atoms with Gasteiger partial charge in [-0.15, -0.1) is 0 Å². The normalized spacial score (nSPS) is 18.5. The Balaban J connectivity index is 1.85. The SMILES string of the molecule is NCC1(C(=O)NCC(O)c2ccccc2)CC1. The van der Waals surface area contributed by atoms with Crippen molar-refractivity contribution in [3.05, 3.63) is 35.9 Å². The van der Waals surface area contributed by atoms with Crippen molar-refractivity contribution in [2.24, 2.45) is 11.1 Å². The molecule has 0 saturated heterocycles. The van der Waals surface area contributed by atoms with E-state index in [1.54, 1.807) is 0 Å². The van der Waals surface area contributed by atoms with Crippen molar-refractivity contribution in [3.8, 4) is 0 Å². The van der Waals surface area contributed by atoms with Crippen LogP contribution in [-0.2, 0) is 4.79 Å². The van der Waals surface area contributed by atoms with Crippen LogP contribution in [-0.4, -0.2) is 24.1 Å². The second-order valence-corrected chi connectivity index (χ2v) is 4.62. The lowest BCUT2D eigenvalue weighted by molar-refractivity contribution is -0.126. The molecule has 4 N–H and O–H groups in total. The molecule has 1 aromatic carbocycles. The van der Waals surface area contributed by atoms with Gasteiger partial charge in [-0.25, -0.2) is 0 Å². The van der Waals surface area contributed by atoms with Crippen LogP contribution < -0.4 is 11.1 Å². The van der Waals surface area contributed by atoms with Gasteiger partial charge in [-0.1, -0.05) is 30.3 Å².